The molecule has 14 heteroatoms. The van der Waals surface area contributed by atoms with Crippen molar-refractivity contribution in [2.75, 3.05) is 0 Å². The van der Waals surface area contributed by atoms with Crippen molar-refractivity contribution >= 4 is 53.3 Å². The quantitative estimate of drug-likeness (QED) is 0.0448. The second kappa shape index (κ2) is 19.6. The van der Waals surface area contributed by atoms with Gasteiger partial charge in [0.2, 0.25) is 11.9 Å². The van der Waals surface area contributed by atoms with E-state index in [0.29, 0.717) is 5.56 Å². The number of rotatable bonds is 11. The van der Waals surface area contributed by atoms with E-state index in [4.69, 9.17) is 30.5 Å². The lowest BCUT2D eigenvalue weighted by molar-refractivity contribution is -0.149. The minimum absolute atomic E-state index is 0.0611. The van der Waals surface area contributed by atoms with Crippen LogP contribution in [0.15, 0.2) is 102 Å². The van der Waals surface area contributed by atoms with Crippen molar-refractivity contribution in [2.24, 2.45) is 4.99 Å². The fraction of sp³-hybridized carbons (Fsp3) is 0.302. The van der Waals surface area contributed by atoms with Crippen molar-refractivity contribution in [3.8, 4) is 5.75 Å². The molecular weight excluding hydrogens is 752 g/mol. The van der Waals surface area contributed by atoms with Crippen LogP contribution in [0.25, 0.3) is 0 Å². The van der Waals surface area contributed by atoms with Crippen molar-refractivity contribution in [3.63, 3.8) is 0 Å². The number of halogens is 1. The molecule has 0 aromatic heterocycles. The van der Waals surface area contributed by atoms with E-state index < -0.39 is 47.3 Å². The molecule has 0 aliphatic rings. The molecule has 3 amide bonds. The number of amides is 3. The predicted molar refractivity (Wildman–Crippen MR) is 215 cm³/mol. The smallest absolute Gasteiger partial charge is 0.414 e. The SMILES string of the molecule is Cc1ccc(C[C@H](NC(=O)Cc2ccc(OC(=O)c3ccc(N=C(NC(=O)OC(C)(C)C)NC(=O)OC(C)(C)C)cc3)cc2Cl)C(=O)OCc2ccccc2)cc1. The van der Waals surface area contributed by atoms with E-state index in [1.54, 1.807) is 47.6 Å². The van der Waals surface area contributed by atoms with Crippen LogP contribution in [0.2, 0.25) is 5.02 Å². The maximum Gasteiger partial charge on any atom is 0.414 e. The molecule has 0 saturated heterocycles. The minimum Gasteiger partial charge on any atom is -0.459 e. The van der Waals surface area contributed by atoms with Crippen molar-refractivity contribution < 1.29 is 42.9 Å². The van der Waals surface area contributed by atoms with Crippen LogP contribution < -0.4 is 20.7 Å². The number of aryl methyl sites for hydroxylation is 1. The van der Waals surface area contributed by atoms with Gasteiger partial charge in [-0.15, -0.1) is 0 Å². The maximum absolute atomic E-state index is 13.2. The number of nitrogens with one attached hydrogen (secondary N) is 3. The van der Waals surface area contributed by atoms with E-state index in [2.05, 4.69) is 20.9 Å². The summed E-state index contributed by atoms with van der Waals surface area (Å²) in [4.78, 5) is 68.5. The Morgan fingerprint density at radius 2 is 1.33 bits per heavy atom. The summed E-state index contributed by atoms with van der Waals surface area (Å²) >= 11 is 6.52. The molecule has 1 atom stereocenters. The van der Waals surface area contributed by atoms with E-state index >= 15 is 0 Å². The number of hydrogen-bond acceptors (Lipinski definition) is 10. The van der Waals surface area contributed by atoms with Gasteiger partial charge in [0.05, 0.1) is 17.7 Å². The van der Waals surface area contributed by atoms with Crippen molar-refractivity contribution in [1.82, 2.24) is 16.0 Å². The highest BCUT2D eigenvalue weighted by Gasteiger charge is 2.25. The van der Waals surface area contributed by atoms with E-state index in [1.807, 2.05) is 61.5 Å². The van der Waals surface area contributed by atoms with Gasteiger partial charge in [-0.3, -0.25) is 15.4 Å². The number of guanidine groups is 1. The molecule has 0 unspecified atom stereocenters. The summed E-state index contributed by atoms with van der Waals surface area (Å²) < 4.78 is 21.6. The molecule has 0 heterocycles. The summed E-state index contributed by atoms with van der Waals surface area (Å²) in [6.07, 6.45) is -1.64. The first kappa shape index (κ1) is 43.5. The summed E-state index contributed by atoms with van der Waals surface area (Å²) in [6.45, 7) is 12.1. The Labute approximate surface area is 337 Å². The molecule has 0 spiro atoms. The van der Waals surface area contributed by atoms with E-state index in [-0.39, 0.29) is 47.4 Å². The first-order valence-corrected chi connectivity index (χ1v) is 18.4. The van der Waals surface area contributed by atoms with Crippen molar-refractivity contribution in [3.05, 3.63) is 130 Å². The number of nitrogens with zero attached hydrogens (tertiary/aromatic N) is 1. The van der Waals surface area contributed by atoms with Gasteiger partial charge in [0.15, 0.2) is 0 Å². The van der Waals surface area contributed by atoms with Gasteiger partial charge in [0.25, 0.3) is 0 Å². The lowest BCUT2D eigenvalue weighted by Crippen LogP contribution is -2.47. The highest BCUT2D eigenvalue weighted by Crippen LogP contribution is 2.25. The number of carbonyl (C=O) groups excluding carboxylic acids is 5. The lowest BCUT2D eigenvalue weighted by atomic mass is 10.0. The van der Waals surface area contributed by atoms with Gasteiger partial charge < -0.3 is 24.3 Å². The second-order valence-electron chi connectivity index (χ2n) is 15.0. The topological polar surface area (TPSA) is 171 Å². The first-order valence-electron chi connectivity index (χ1n) is 18.1. The van der Waals surface area contributed by atoms with Gasteiger partial charge in [0.1, 0.15) is 29.6 Å². The van der Waals surface area contributed by atoms with Crippen LogP contribution in [0, 0.1) is 6.92 Å². The van der Waals surface area contributed by atoms with Gasteiger partial charge >= 0.3 is 24.1 Å². The van der Waals surface area contributed by atoms with Crippen molar-refractivity contribution in [1.29, 1.82) is 0 Å². The Balaban J connectivity index is 1.40. The molecule has 3 N–H and O–H groups in total. The molecule has 4 aromatic rings. The van der Waals surface area contributed by atoms with Crippen LogP contribution in [0.5, 0.6) is 5.75 Å². The summed E-state index contributed by atoms with van der Waals surface area (Å²) in [7, 11) is 0. The van der Waals surface area contributed by atoms with Crippen LogP contribution in [0.1, 0.15) is 74.2 Å². The van der Waals surface area contributed by atoms with Gasteiger partial charge in [-0.1, -0.05) is 77.8 Å². The van der Waals surface area contributed by atoms with Gasteiger partial charge in [-0.2, -0.15) is 0 Å². The maximum atomic E-state index is 13.2. The standard InChI is InChI=1S/C43H47ClN4O9/c1-27-13-15-28(16-14-27)23-35(38(51)54-26-29-11-9-8-10-12-29)46-36(49)24-31-19-22-33(25-34(31)44)55-37(50)30-17-20-32(21-18-30)45-39(47-40(52)56-42(2,3)4)48-41(53)57-43(5,6)7/h8-22,25,35H,23-24,26H2,1-7H3,(H,46,49)(H2,45,47,48,52,53)/t35-/m0/s1. The second-order valence-corrected chi connectivity index (χ2v) is 15.4. The summed E-state index contributed by atoms with van der Waals surface area (Å²) in [5.41, 5.74) is 1.98. The lowest BCUT2D eigenvalue weighted by Gasteiger charge is -2.22. The molecule has 0 radical (unpaired) electrons. The summed E-state index contributed by atoms with van der Waals surface area (Å²) in [5.74, 6) is -1.87. The number of alkyl carbamates (subject to hydrolysis) is 2. The number of aliphatic imine (C=N–C) groups is 1. The normalized spacial score (nSPS) is 11.6. The van der Waals surface area contributed by atoms with Crippen LogP contribution >= 0.6 is 11.6 Å². The van der Waals surface area contributed by atoms with Crippen LogP contribution in [-0.4, -0.2) is 53.2 Å². The number of esters is 2. The monoisotopic (exact) mass is 798 g/mol. The van der Waals surface area contributed by atoms with Crippen LogP contribution in [0.3, 0.4) is 0 Å². The highest BCUT2D eigenvalue weighted by molar-refractivity contribution is 6.31. The third-order valence-corrected chi connectivity index (χ3v) is 7.92. The number of ether oxygens (including phenoxy) is 4. The average molecular weight is 799 g/mol. The Morgan fingerprint density at radius 1 is 0.737 bits per heavy atom. The third kappa shape index (κ3) is 15.5. The average Bonchev–Trinajstić information content (AvgIpc) is 3.11. The Hall–Kier alpha value is -6.21. The third-order valence-electron chi connectivity index (χ3n) is 7.57. The van der Waals surface area contributed by atoms with E-state index in [0.717, 1.165) is 16.7 Å². The van der Waals surface area contributed by atoms with E-state index in [9.17, 15) is 24.0 Å². The largest absolute Gasteiger partial charge is 0.459 e. The number of hydrogen-bond donors (Lipinski definition) is 3. The fourth-order valence-corrected chi connectivity index (χ4v) is 5.23. The Morgan fingerprint density at radius 3 is 1.89 bits per heavy atom. The molecule has 300 valence electrons. The molecule has 0 aliphatic carbocycles. The molecule has 57 heavy (non-hydrogen) atoms. The van der Waals surface area contributed by atoms with Gasteiger partial charge in [0, 0.05) is 11.4 Å². The van der Waals surface area contributed by atoms with Crippen molar-refractivity contribution in [2.45, 2.75) is 85.2 Å². The minimum atomic E-state index is -0.950. The highest BCUT2D eigenvalue weighted by atomic mass is 35.5. The molecule has 0 fully saturated rings. The number of benzene rings is 4. The first-order chi connectivity index (χ1) is 26.8. The zero-order valence-corrected chi connectivity index (χ0v) is 33.7. The zero-order valence-electron chi connectivity index (χ0n) is 32.9. The van der Waals surface area contributed by atoms with E-state index in [1.165, 1.54) is 36.4 Å². The molecule has 0 saturated carbocycles. The summed E-state index contributed by atoms with van der Waals surface area (Å²) in [6, 6.07) is 26.3. The Kier molecular flexibility index (Phi) is 15.0. The molecular formula is C43H47ClN4O9. The van der Waals surface area contributed by atoms with Crippen LogP contribution in [0.4, 0.5) is 15.3 Å². The predicted octanol–water partition coefficient (Wildman–Crippen LogP) is 7.92. The Bertz CT molecular complexity index is 2040. The molecule has 0 aliphatic heterocycles. The molecule has 4 aromatic carbocycles. The molecule has 4 rings (SSSR count). The zero-order chi connectivity index (χ0) is 41.8. The van der Waals surface area contributed by atoms with Crippen LogP contribution in [-0.2, 0) is 43.2 Å². The van der Waals surface area contributed by atoms with Gasteiger partial charge in [-0.05, 0) is 102 Å². The van der Waals surface area contributed by atoms with Gasteiger partial charge in [-0.25, -0.2) is 24.2 Å². The fourth-order valence-electron chi connectivity index (χ4n) is 4.99. The molecule has 13 nitrogen and oxygen atoms in total. The summed E-state index contributed by atoms with van der Waals surface area (Å²) in [5, 5.41) is 7.75. The number of carbonyl (C=O) groups is 5. The molecule has 0 bridgehead atoms.